The van der Waals surface area contributed by atoms with E-state index in [-0.39, 0.29) is 0 Å². The third-order valence-corrected chi connectivity index (χ3v) is 4.32. The van der Waals surface area contributed by atoms with E-state index in [1.54, 1.807) is 0 Å². The van der Waals surface area contributed by atoms with E-state index in [1.165, 1.54) is 12.7 Å². The van der Waals surface area contributed by atoms with Crippen molar-refractivity contribution < 1.29 is 13.2 Å². The van der Waals surface area contributed by atoms with Gasteiger partial charge >= 0.3 is 0 Å². The number of piperidine rings is 1. The van der Waals surface area contributed by atoms with Crippen molar-refractivity contribution in [3.05, 3.63) is 0 Å². The van der Waals surface area contributed by atoms with E-state index in [2.05, 4.69) is 9.62 Å². The molecule has 0 unspecified atom stereocenters. The molecule has 5 nitrogen and oxygen atoms in total. The Bertz CT molecular complexity index is 345. The van der Waals surface area contributed by atoms with Crippen molar-refractivity contribution in [3.63, 3.8) is 0 Å². The van der Waals surface area contributed by atoms with Crippen LogP contribution in [0.4, 0.5) is 0 Å². The van der Waals surface area contributed by atoms with Crippen LogP contribution in [0.5, 0.6) is 0 Å². The second kappa shape index (κ2) is 5.65. The maximum absolute atomic E-state index is 11.0. The molecule has 17 heavy (non-hydrogen) atoms. The Labute approximate surface area is 104 Å². The molecule has 2 saturated heterocycles. The molecule has 0 spiro atoms. The molecule has 0 saturated carbocycles. The number of hydrogen-bond donors (Lipinski definition) is 1. The van der Waals surface area contributed by atoms with Crippen molar-refractivity contribution in [2.75, 3.05) is 39.0 Å². The van der Waals surface area contributed by atoms with Gasteiger partial charge in [-0.3, -0.25) is 0 Å². The predicted molar refractivity (Wildman–Crippen MR) is 66.4 cm³/mol. The molecule has 1 N–H and O–H groups in total. The summed E-state index contributed by atoms with van der Waals surface area (Å²) in [5, 5.41) is 0. The zero-order valence-corrected chi connectivity index (χ0v) is 11.2. The minimum atomic E-state index is -3.05. The van der Waals surface area contributed by atoms with Gasteiger partial charge < -0.3 is 9.64 Å². The van der Waals surface area contributed by atoms with Crippen LogP contribution in [0.3, 0.4) is 0 Å². The number of ether oxygens (including phenoxy) is 1. The van der Waals surface area contributed by atoms with E-state index in [0.29, 0.717) is 18.6 Å². The van der Waals surface area contributed by atoms with E-state index in [4.69, 9.17) is 4.74 Å². The second-order valence-corrected chi connectivity index (χ2v) is 6.90. The van der Waals surface area contributed by atoms with Crippen LogP contribution >= 0.6 is 0 Å². The highest BCUT2D eigenvalue weighted by atomic mass is 32.2. The highest BCUT2D eigenvalue weighted by Crippen LogP contribution is 2.27. The summed E-state index contributed by atoms with van der Waals surface area (Å²) >= 11 is 0. The molecule has 100 valence electrons. The Morgan fingerprint density at radius 2 is 2.24 bits per heavy atom. The van der Waals surface area contributed by atoms with Gasteiger partial charge in [0.25, 0.3) is 0 Å². The van der Waals surface area contributed by atoms with Crippen molar-refractivity contribution in [1.82, 2.24) is 9.62 Å². The summed E-state index contributed by atoms with van der Waals surface area (Å²) in [6.45, 7) is 4.30. The van der Waals surface area contributed by atoms with E-state index in [1.807, 2.05) is 0 Å². The summed E-state index contributed by atoms with van der Waals surface area (Å²) in [6, 6.07) is 0. The van der Waals surface area contributed by atoms with Crippen LogP contribution < -0.4 is 4.72 Å². The van der Waals surface area contributed by atoms with Crippen LogP contribution in [0.2, 0.25) is 0 Å². The monoisotopic (exact) mass is 262 g/mol. The van der Waals surface area contributed by atoms with Gasteiger partial charge in [0, 0.05) is 32.8 Å². The van der Waals surface area contributed by atoms with Gasteiger partial charge in [0.15, 0.2) is 0 Å². The van der Waals surface area contributed by atoms with Crippen molar-refractivity contribution in [2.24, 2.45) is 5.92 Å². The summed E-state index contributed by atoms with van der Waals surface area (Å²) in [7, 11) is -3.05. The molecule has 2 aliphatic heterocycles. The average molecular weight is 262 g/mol. The van der Waals surface area contributed by atoms with Gasteiger partial charge in [0.05, 0.1) is 12.4 Å². The van der Waals surface area contributed by atoms with Crippen molar-refractivity contribution in [1.29, 1.82) is 0 Å². The van der Waals surface area contributed by atoms with Gasteiger partial charge in [0.2, 0.25) is 10.0 Å². The topological polar surface area (TPSA) is 58.6 Å². The first kappa shape index (κ1) is 13.3. The van der Waals surface area contributed by atoms with Crippen LogP contribution in [-0.4, -0.2) is 58.5 Å². The fourth-order valence-electron chi connectivity index (χ4n) is 2.76. The largest absolute Gasteiger partial charge is 0.378 e. The Balaban J connectivity index is 1.72. The molecule has 0 aromatic rings. The molecule has 2 heterocycles. The van der Waals surface area contributed by atoms with Gasteiger partial charge in [-0.2, -0.15) is 0 Å². The number of fused-ring (bicyclic) bond motifs is 1. The quantitative estimate of drug-likeness (QED) is 0.777. The first-order valence-electron chi connectivity index (χ1n) is 6.33. The molecule has 2 atom stereocenters. The third-order valence-electron chi connectivity index (χ3n) is 3.59. The molecule has 6 heteroatoms. The molecule has 2 rings (SSSR count). The van der Waals surface area contributed by atoms with E-state index < -0.39 is 10.0 Å². The molecule has 2 fully saturated rings. The Morgan fingerprint density at radius 1 is 1.41 bits per heavy atom. The highest BCUT2D eigenvalue weighted by molar-refractivity contribution is 7.88. The molecular weight excluding hydrogens is 240 g/mol. The molecule has 0 aromatic heterocycles. The zero-order valence-electron chi connectivity index (χ0n) is 10.4. The van der Waals surface area contributed by atoms with Crippen LogP contribution in [0.1, 0.15) is 19.3 Å². The van der Waals surface area contributed by atoms with Crippen molar-refractivity contribution in [2.45, 2.75) is 25.4 Å². The Morgan fingerprint density at radius 3 is 3.00 bits per heavy atom. The van der Waals surface area contributed by atoms with Crippen molar-refractivity contribution >= 4 is 10.0 Å². The third kappa shape index (κ3) is 4.21. The SMILES string of the molecule is CS(=O)(=O)NCCN1CC[C@@H]2OCCC[C@H]2C1. The fourth-order valence-corrected chi connectivity index (χ4v) is 3.22. The number of rotatable bonds is 4. The first-order chi connectivity index (χ1) is 8.04. The maximum Gasteiger partial charge on any atom is 0.208 e. The highest BCUT2D eigenvalue weighted by Gasteiger charge is 2.31. The lowest BCUT2D eigenvalue weighted by molar-refractivity contribution is -0.0657. The number of nitrogens with zero attached hydrogens (tertiary/aromatic N) is 1. The minimum absolute atomic E-state index is 0.447. The standard InChI is InChI=1S/C11H22N2O3S/c1-17(14,15)12-5-7-13-6-4-11-10(9-13)3-2-8-16-11/h10-12H,2-9H2,1H3/t10-,11-/m0/s1. The predicted octanol–water partition coefficient (Wildman–Crippen LogP) is 0.0365. The smallest absolute Gasteiger partial charge is 0.208 e. The molecular formula is C11H22N2O3S. The lowest BCUT2D eigenvalue weighted by atomic mass is 9.88. The van der Waals surface area contributed by atoms with E-state index >= 15 is 0 Å². The maximum atomic E-state index is 11.0. The van der Waals surface area contributed by atoms with Gasteiger partial charge in [-0.1, -0.05) is 0 Å². The average Bonchev–Trinajstić information content (AvgIpc) is 2.27. The second-order valence-electron chi connectivity index (χ2n) is 5.07. The number of likely N-dealkylation sites (tertiary alicyclic amines) is 1. The zero-order chi connectivity index (χ0) is 12.3. The van der Waals surface area contributed by atoms with Gasteiger partial charge in [-0.25, -0.2) is 13.1 Å². The lowest BCUT2D eigenvalue weighted by Gasteiger charge is -2.41. The van der Waals surface area contributed by atoms with Crippen LogP contribution in [0.25, 0.3) is 0 Å². The Kier molecular flexibility index (Phi) is 4.41. The first-order valence-corrected chi connectivity index (χ1v) is 8.22. The number of nitrogens with one attached hydrogen (secondary N) is 1. The molecule has 2 aliphatic rings. The fraction of sp³-hybridized carbons (Fsp3) is 1.00. The van der Waals surface area contributed by atoms with E-state index in [0.717, 1.165) is 39.1 Å². The molecule has 0 amide bonds. The summed E-state index contributed by atoms with van der Waals surface area (Å²) in [5.74, 6) is 0.649. The van der Waals surface area contributed by atoms with Crippen molar-refractivity contribution in [3.8, 4) is 0 Å². The molecule has 0 radical (unpaired) electrons. The van der Waals surface area contributed by atoms with Crippen LogP contribution in [0.15, 0.2) is 0 Å². The van der Waals surface area contributed by atoms with E-state index in [9.17, 15) is 8.42 Å². The molecule has 0 aliphatic carbocycles. The lowest BCUT2D eigenvalue weighted by Crippen LogP contribution is -2.48. The molecule has 0 bridgehead atoms. The van der Waals surface area contributed by atoms with Gasteiger partial charge in [-0.15, -0.1) is 0 Å². The van der Waals surface area contributed by atoms with Gasteiger partial charge in [-0.05, 0) is 25.2 Å². The van der Waals surface area contributed by atoms with Gasteiger partial charge in [0.1, 0.15) is 0 Å². The number of sulfonamides is 1. The number of hydrogen-bond acceptors (Lipinski definition) is 4. The Hall–Kier alpha value is -0.170. The summed E-state index contributed by atoms with van der Waals surface area (Å²) < 4.78 is 30.2. The summed E-state index contributed by atoms with van der Waals surface area (Å²) in [5.41, 5.74) is 0. The minimum Gasteiger partial charge on any atom is -0.378 e. The molecule has 0 aromatic carbocycles. The van der Waals surface area contributed by atoms with Crippen LogP contribution in [0, 0.1) is 5.92 Å². The summed E-state index contributed by atoms with van der Waals surface area (Å²) in [6.07, 6.45) is 5.15. The normalized spacial score (nSPS) is 31.1. The van der Waals surface area contributed by atoms with Crippen LogP contribution in [-0.2, 0) is 14.8 Å². The summed E-state index contributed by atoms with van der Waals surface area (Å²) in [4.78, 5) is 2.34.